The van der Waals surface area contributed by atoms with Crippen molar-refractivity contribution in [1.29, 1.82) is 0 Å². The Balaban J connectivity index is 1.76. The van der Waals surface area contributed by atoms with E-state index in [-0.39, 0.29) is 24.7 Å². The Hall–Kier alpha value is -3.81. The monoisotopic (exact) mass is 711 g/mol. The number of carbonyl (C=O) groups is 3. The van der Waals surface area contributed by atoms with Crippen LogP contribution < -0.4 is 0 Å². The lowest BCUT2D eigenvalue weighted by molar-refractivity contribution is -0.302. The fourth-order valence-electron chi connectivity index (χ4n) is 6.70. The first kappa shape index (κ1) is 40.0. The van der Waals surface area contributed by atoms with Crippen LogP contribution >= 0.6 is 0 Å². The first-order valence-electron chi connectivity index (χ1n) is 17.3. The highest BCUT2D eigenvalue weighted by molar-refractivity contribution is 5.90. The lowest BCUT2D eigenvalue weighted by Gasteiger charge is -2.48. The number of likely N-dealkylation sites (N-methyl/N-ethyl adjacent to an activating group) is 1. The van der Waals surface area contributed by atoms with Gasteiger partial charge in [0.2, 0.25) is 5.79 Å². The van der Waals surface area contributed by atoms with E-state index in [1.54, 1.807) is 76.4 Å². The van der Waals surface area contributed by atoms with E-state index >= 15 is 0 Å². The molecule has 0 bridgehead atoms. The van der Waals surface area contributed by atoms with E-state index < -0.39 is 65.9 Å². The predicted octanol–water partition coefficient (Wildman–Crippen LogP) is 5.14. The largest absolute Gasteiger partial charge is 0.459 e. The minimum atomic E-state index is -1.24. The van der Waals surface area contributed by atoms with Gasteiger partial charge in [0, 0.05) is 33.5 Å². The van der Waals surface area contributed by atoms with Gasteiger partial charge in [-0.25, -0.2) is 14.4 Å². The Labute approximate surface area is 300 Å². The van der Waals surface area contributed by atoms with Gasteiger partial charge in [-0.15, -0.1) is 0 Å². The van der Waals surface area contributed by atoms with E-state index in [4.69, 9.17) is 33.2 Å². The second-order valence-corrected chi connectivity index (χ2v) is 14.3. The van der Waals surface area contributed by atoms with Gasteiger partial charge in [0.15, 0.2) is 12.4 Å². The number of aliphatic hydroxyl groups excluding tert-OH is 1. The Kier molecular flexibility index (Phi) is 13.4. The Morgan fingerprint density at radius 2 is 1.59 bits per heavy atom. The Morgan fingerprint density at radius 1 is 1.00 bits per heavy atom. The molecule has 2 heterocycles. The van der Waals surface area contributed by atoms with E-state index in [2.05, 4.69) is 0 Å². The van der Waals surface area contributed by atoms with Crippen LogP contribution in [0.3, 0.4) is 0 Å². The molecule has 0 spiro atoms. The van der Waals surface area contributed by atoms with Crippen molar-refractivity contribution in [2.75, 3.05) is 34.4 Å². The number of aliphatic hydroxyl groups is 1. The summed E-state index contributed by atoms with van der Waals surface area (Å²) in [6.07, 6.45) is -2.99. The fourth-order valence-corrected chi connectivity index (χ4v) is 6.70. The Bertz CT molecular complexity index is 1510. The molecule has 0 aromatic heterocycles. The molecule has 51 heavy (non-hydrogen) atoms. The number of esters is 3. The van der Waals surface area contributed by atoms with Crippen molar-refractivity contribution in [2.24, 2.45) is 11.8 Å². The van der Waals surface area contributed by atoms with Crippen molar-refractivity contribution in [1.82, 2.24) is 4.90 Å². The lowest BCUT2D eigenvalue weighted by atomic mass is 9.80. The van der Waals surface area contributed by atoms with Crippen LogP contribution in [0.25, 0.3) is 0 Å². The molecule has 0 aliphatic carbocycles. The van der Waals surface area contributed by atoms with Crippen LogP contribution in [-0.2, 0) is 38.0 Å². The van der Waals surface area contributed by atoms with E-state index in [1.807, 2.05) is 51.9 Å². The summed E-state index contributed by atoms with van der Waals surface area (Å²) >= 11 is 0. The summed E-state index contributed by atoms with van der Waals surface area (Å²) in [7, 11) is 5.28. The van der Waals surface area contributed by atoms with Gasteiger partial charge in [-0.3, -0.25) is 0 Å². The molecule has 1 N–H and O–H groups in total. The third-order valence-electron chi connectivity index (χ3n) is 9.46. The number of cyclic esters (lactones) is 1. The molecule has 2 aliphatic rings. The summed E-state index contributed by atoms with van der Waals surface area (Å²) < 4.78 is 43.4. The molecule has 2 aromatic rings. The number of hydrogen-bond acceptors (Lipinski definition) is 12. The van der Waals surface area contributed by atoms with Crippen LogP contribution in [0.4, 0.5) is 0 Å². The first-order chi connectivity index (χ1) is 24.1. The van der Waals surface area contributed by atoms with Gasteiger partial charge >= 0.3 is 17.9 Å². The maximum atomic E-state index is 13.6. The topological polar surface area (TPSA) is 139 Å². The zero-order chi connectivity index (χ0) is 37.5. The molecule has 2 aromatic carbocycles. The summed E-state index contributed by atoms with van der Waals surface area (Å²) in [5.41, 5.74) is -0.0486. The number of methoxy groups -OCH3 is 1. The van der Waals surface area contributed by atoms with E-state index in [0.717, 1.165) is 0 Å². The molecule has 0 radical (unpaired) electrons. The molecular weight excluding hydrogens is 658 g/mol. The van der Waals surface area contributed by atoms with E-state index in [9.17, 15) is 19.5 Å². The molecule has 12 heteroatoms. The third kappa shape index (κ3) is 9.95. The molecule has 1 saturated heterocycles. The van der Waals surface area contributed by atoms with Crippen molar-refractivity contribution in [3.8, 4) is 0 Å². The molecular formula is C39H53NO11. The van der Waals surface area contributed by atoms with Crippen LogP contribution in [0.1, 0.15) is 75.1 Å². The summed E-state index contributed by atoms with van der Waals surface area (Å²) in [6, 6.07) is 16.9. The van der Waals surface area contributed by atoms with Crippen LogP contribution in [0.5, 0.6) is 0 Å². The van der Waals surface area contributed by atoms with Gasteiger partial charge in [-0.1, -0.05) is 50.2 Å². The molecule has 0 saturated carbocycles. The molecule has 2 unspecified atom stereocenters. The van der Waals surface area contributed by atoms with Crippen molar-refractivity contribution >= 4 is 17.9 Å². The van der Waals surface area contributed by atoms with E-state index in [0.29, 0.717) is 29.7 Å². The molecule has 8 atom stereocenters. The average molecular weight is 712 g/mol. The van der Waals surface area contributed by atoms with Crippen molar-refractivity contribution in [2.45, 2.75) is 96.4 Å². The molecule has 0 amide bonds. The van der Waals surface area contributed by atoms with Crippen LogP contribution in [0.2, 0.25) is 0 Å². The van der Waals surface area contributed by atoms with Gasteiger partial charge < -0.3 is 43.2 Å². The standard InChI is InChI=1S/C39H53NO11/c1-24(22-41)21-39(6,45-9)33(25(2)31-26(3)34(42)51-38(4,5)50-31)49-37-32(48-36(44)28-18-14-11-15-19-28)30(40(7)8)20-29(47-37)23-46-35(43)27-16-12-10-13-17-27/h10-19,24-25,29-30,32-33,37,41H,20-23H2,1-9H3/t24-,25+,29+,30?,32?,33-,37+,39-/m1/s1. The lowest BCUT2D eigenvalue weighted by Crippen LogP contribution is -2.60. The smallest absolute Gasteiger partial charge is 0.340 e. The third-order valence-corrected chi connectivity index (χ3v) is 9.46. The van der Waals surface area contributed by atoms with Crippen molar-refractivity contribution in [3.63, 3.8) is 0 Å². The second kappa shape index (κ2) is 17.1. The average Bonchev–Trinajstić information content (AvgIpc) is 3.11. The van der Waals surface area contributed by atoms with Gasteiger partial charge in [0.05, 0.1) is 40.6 Å². The van der Waals surface area contributed by atoms with Crippen molar-refractivity contribution in [3.05, 3.63) is 83.1 Å². The molecule has 280 valence electrons. The Morgan fingerprint density at radius 3 is 2.14 bits per heavy atom. The second-order valence-electron chi connectivity index (χ2n) is 14.3. The highest BCUT2D eigenvalue weighted by atomic mass is 16.7. The number of carbonyl (C=O) groups excluding carboxylic acids is 3. The predicted molar refractivity (Wildman–Crippen MR) is 187 cm³/mol. The number of nitrogens with zero attached hydrogens (tertiary/aromatic N) is 1. The van der Waals surface area contributed by atoms with Crippen LogP contribution in [0, 0.1) is 11.8 Å². The van der Waals surface area contributed by atoms with Crippen molar-refractivity contribution < 1.29 is 52.6 Å². The fraction of sp³-hybridized carbons (Fsp3) is 0.564. The molecule has 1 fully saturated rings. The van der Waals surface area contributed by atoms with Gasteiger partial charge in [0.25, 0.3) is 0 Å². The quantitative estimate of drug-likeness (QED) is 0.193. The molecule has 12 nitrogen and oxygen atoms in total. The SMILES string of the molecule is CO[C@](C)(C[C@@H](C)CO)[C@H](O[C@@H]1O[C@H](COC(=O)c2ccccc2)CC(N(C)C)C1OC(=O)c1ccccc1)[C@@H](C)C1=C(C)C(=O)OC(C)(C)O1. The van der Waals surface area contributed by atoms with E-state index in [1.165, 1.54) is 0 Å². The maximum absolute atomic E-state index is 13.6. The number of hydrogen-bond donors (Lipinski definition) is 1. The van der Waals surface area contributed by atoms with Gasteiger partial charge in [0.1, 0.15) is 12.4 Å². The number of benzene rings is 2. The zero-order valence-corrected chi connectivity index (χ0v) is 31.1. The number of ether oxygens (including phenoxy) is 7. The highest BCUT2D eigenvalue weighted by Crippen LogP contribution is 2.41. The normalized spacial score (nSPS) is 24.8. The summed E-state index contributed by atoms with van der Waals surface area (Å²) in [4.78, 5) is 41.4. The highest BCUT2D eigenvalue weighted by Gasteiger charge is 2.51. The molecule has 2 aliphatic heterocycles. The van der Waals surface area contributed by atoms with Crippen LogP contribution in [0.15, 0.2) is 72.0 Å². The van der Waals surface area contributed by atoms with Crippen LogP contribution in [-0.4, -0.2) is 104 Å². The number of rotatable bonds is 15. The summed E-state index contributed by atoms with van der Waals surface area (Å²) in [5.74, 6) is -3.31. The minimum Gasteiger partial charge on any atom is -0.459 e. The zero-order valence-electron chi connectivity index (χ0n) is 31.1. The maximum Gasteiger partial charge on any atom is 0.340 e. The minimum absolute atomic E-state index is 0.0893. The summed E-state index contributed by atoms with van der Waals surface area (Å²) in [5, 5.41) is 10.1. The summed E-state index contributed by atoms with van der Waals surface area (Å²) in [6.45, 7) is 10.3. The van der Waals surface area contributed by atoms with Gasteiger partial charge in [-0.2, -0.15) is 0 Å². The van der Waals surface area contributed by atoms with Gasteiger partial charge in [-0.05, 0) is 71.0 Å². The first-order valence-corrected chi connectivity index (χ1v) is 17.3. The molecule has 4 rings (SSSR count).